The lowest BCUT2D eigenvalue weighted by atomic mass is 9.88. The molecule has 0 aromatic heterocycles. The third-order valence-corrected chi connectivity index (χ3v) is 4.26. The highest BCUT2D eigenvalue weighted by Gasteiger charge is 2.33. The first-order valence-electron chi connectivity index (χ1n) is 7.68. The van der Waals surface area contributed by atoms with E-state index in [4.69, 9.17) is 9.84 Å². The molecule has 120 valence electrons. The number of hydrogen-bond donors (Lipinski definition) is 1. The third kappa shape index (κ3) is 4.00. The second-order valence-electron chi connectivity index (χ2n) is 5.93. The summed E-state index contributed by atoms with van der Waals surface area (Å²) in [4.78, 5) is 25.1. The van der Waals surface area contributed by atoms with Crippen LogP contribution in [0, 0.1) is 12.8 Å². The SMILES string of the molecule is Cc1ccccc1OCC(=O)N1CCCC(C)C1CC(=O)O. The Hall–Kier alpha value is -2.04. The molecule has 1 fully saturated rings. The van der Waals surface area contributed by atoms with E-state index < -0.39 is 5.97 Å². The zero-order valence-electron chi connectivity index (χ0n) is 13.1. The van der Waals surface area contributed by atoms with Crippen molar-refractivity contribution in [3.8, 4) is 5.75 Å². The summed E-state index contributed by atoms with van der Waals surface area (Å²) in [5, 5.41) is 9.06. The number of piperidine rings is 1. The van der Waals surface area contributed by atoms with Crippen molar-refractivity contribution in [2.24, 2.45) is 5.92 Å². The van der Waals surface area contributed by atoms with Gasteiger partial charge < -0.3 is 14.7 Å². The van der Waals surface area contributed by atoms with Crippen LogP contribution in [-0.2, 0) is 9.59 Å². The summed E-state index contributed by atoms with van der Waals surface area (Å²) in [6.45, 7) is 4.50. The molecule has 1 amide bonds. The summed E-state index contributed by atoms with van der Waals surface area (Å²) in [6.07, 6.45) is 1.87. The number of likely N-dealkylation sites (tertiary alicyclic amines) is 1. The summed E-state index contributed by atoms with van der Waals surface area (Å²) >= 11 is 0. The maximum Gasteiger partial charge on any atom is 0.305 e. The molecule has 1 aromatic carbocycles. The van der Waals surface area contributed by atoms with Crippen molar-refractivity contribution in [1.29, 1.82) is 0 Å². The molecule has 0 spiro atoms. The fourth-order valence-corrected chi connectivity index (χ4v) is 2.99. The molecule has 22 heavy (non-hydrogen) atoms. The molecule has 5 heteroatoms. The minimum atomic E-state index is -0.864. The lowest BCUT2D eigenvalue weighted by molar-refractivity contribution is -0.144. The van der Waals surface area contributed by atoms with E-state index in [-0.39, 0.29) is 30.9 Å². The number of nitrogens with zero attached hydrogens (tertiary/aromatic N) is 1. The van der Waals surface area contributed by atoms with Gasteiger partial charge in [-0.1, -0.05) is 25.1 Å². The third-order valence-electron chi connectivity index (χ3n) is 4.26. The van der Waals surface area contributed by atoms with Crippen molar-refractivity contribution in [2.75, 3.05) is 13.2 Å². The molecule has 0 saturated carbocycles. The summed E-state index contributed by atoms with van der Waals surface area (Å²) in [5.74, 6) is -0.111. The Kier molecular flexibility index (Phi) is 5.41. The van der Waals surface area contributed by atoms with Crippen LogP contribution in [0.1, 0.15) is 31.7 Å². The number of carboxylic acids is 1. The molecule has 2 atom stereocenters. The molecule has 1 aliphatic heterocycles. The van der Waals surface area contributed by atoms with Crippen molar-refractivity contribution in [2.45, 2.75) is 39.2 Å². The molecule has 1 aromatic rings. The number of aryl methyl sites for hydroxylation is 1. The number of hydrogen-bond acceptors (Lipinski definition) is 3. The Morgan fingerprint density at radius 2 is 2.09 bits per heavy atom. The van der Waals surface area contributed by atoms with Gasteiger partial charge in [-0.05, 0) is 37.3 Å². The summed E-state index contributed by atoms with van der Waals surface area (Å²) in [7, 11) is 0. The van der Waals surface area contributed by atoms with Crippen LogP contribution >= 0.6 is 0 Å². The van der Waals surface area contributed by atoms with Crippen LogP contribution in [0.2, 0.25) is 0 Å². The van der Waals surface area contributed by atoms with Gasteiger partial charge in [0.1, 0.15) is 5.75 Å². The Labute approximate surface area is 130 Å². The minimum absolute atomic E-state index is 0.00271. The lowest BCUT2D eigenvalue weighted by Gasteiger charge is -2.39. The molecular weight excluding hydrogens is 282 g/mol. The van der Waals surface area contributed by atoms with Crippen molar-refractivity contribution >= 4 is 11.9 Å². The summed E-state index contributed by atoms with van der Waals surface area (Å²) < 4.78 is 5.60. The van der Waals surface area contributed by atoms with Crippen molar-refractivity contribution in [1.82, 2.24) is 4.90 Å². The highest BCUT2D eigenvalue weighted by Crippen LogP contribution is 2.26. The quantitative estimate of drug-likeness (QED) is 0.907. The summed E-state index contributed by atoms with van der Waals surface area (Å²) in [6, 6.07) is 7.30. The first-order chi connectivity index (χ1) is 10.5. The highest BCUT2D eigenvalue weighted by atomic mass is 16.5. The van der Waals surface area contributed by atoms with E-state index in [0.717, 1.165) is 18.4 Å². The van der Waals surface area contributed by atoms with E-state index in [0.29, 0.717) is 12.3 Å². The van der Waals surface area contributed by atoms with Crippen LogP contribution in [-0.4, -0.2) is 41.1 Å². The smallest absolute Gasteiger partial charge is 0.305 e. The molecule has 0 aliphatic carbocycles. The topological polar surface area (TPSA) is 66.8 Å². The van der Waals surface area contributed by atoms with E-state index in [1.807, 2.05) is 38.1 Å². The van der Waals surface area contributed by atoms with E-state index in [1.54, 1.807) is 4.90 Å². The van der Waals surface area contributed by atoms with Crippen LogP contribution in [0.5, 0.6) is 5.75 Å². The van der Waals surface area contributed by atoms with E-state index in [9.17, 15) is 9.59 Å². The fraction of sp³-hybridized carbons (Fsp3) is 0.529. The first kappa shape index (κ1) is 16.3. The molecule has 2 rings (SSSR count). The van der Waals surface area contributed by atoms with Crippen LogP contribution in [0.25, 0.3) is 0 Å². The normalized spacial score (nSPS) is 21.5. The van der Waals surface area contributed by atoms with Crippen LogP contribution in [0.15, 0.2) is 24.3 Å². The molecule has 1 N–H and O–H groups in total. The van der Waals surface area contributed by atoms with Gasteiger partial charge in [-0.3, -0.25) is 9.59 Å². The number of rotatable bonds is 5. The molecule has 1 aliphatic rings. The van der Waals surface area contributed by atoms with Crippen molar-refractivity contribution < 1.29 is 19.4 Å². The Bertz CT molecular complexity index is 543. The van der Waals surface area contributed by atoms with Gasteiger partial charge in [0.25, 0.3) is 5.91 Å². The van der Waals surface area contributed by atoms with E-state index in [2.05, 4.69) is 0 Å². The number of carbonyl (C=O) groups is 2. The molecular formula is C17H23NO4. The molecule has 1 heterocycles. The van der Waals surface area contributed by atoms with Gasteiger partial charge >= 0.3 is 5.97 Å². The standard InChI is InChI=1S/C17H23NO4/c1-12-7-5-9-18(14(12)10-17(20)21)16(19)11-22-15-8-4-3-6-13(15)2/h3-4,6,8,12,14H,5,7,9-11H2,1-2H3,(H,20,21). The monoisotopic (exact) mass is 305 g/mol. The first-order valence-corrected chi connectivity index (χ1v) is 7.68. The van der Waals surface area contributed by atoms with Gasteiger partial charge in [0.15, 0.2) is 6.61 Å². The van der Waals surface area contributed by atoms with Gasteiger partial charge in [-0.2, -0.15) is 0 Å². The molecule has 1 saturated heterocycles. The maximum atomic E-state index is 12.4. The fourth-order valence-electron chi connectivity index (χ4n) is 2.99. The van der Waals surface area contributed by atoms with Crippen LogP contribution < -0.4 is 4.74 Å². The second kappa shape index (κ2) is 7.29. The van der Waals surface area contributed by atoms with Crippen LogP contribution in [0.3, 0.4) is 0 Å². The summed E-state index contributed by atoms with van der Waals surface area (Å²) in [5.41, 5.74) is 0.976. The zero-order chi connectivity index (χ0) is 16.1. The van der Waals surface area contributed by atoms with Gasteiger partial charge in [-0.15, -0.1) is 0 Å². The van der Waals surface area contributed by atoms with Crippen molar-refractivity contribution in [3.05, 3.63) is 29.8 Å². The van der Waals surface area contributed by atoms with E-state index >= 15 is 0 Å². The maximum absolute atomic E-state index is 12.4. The average molecular weight is 305 g/mol. The number of aliphatic carboxylic acids is 1. The number of carbonyl (C=O) groups excluding carboxylic acids is 1. The number of para-hydroxylation sites is 1. The van der Waals surface area contributed by atoms with Gasteiger partial charge in [0.05, 0.1) is 6.42 Å². The van der Waals surface area contributed by atoms with Gasteiger partial charge in [0.2, 0.25) is 0 Å². The zero-order valence-corrected chi connectivity index (χ0v) is 13.1. The van der Waals surface area contributed by atoms with Crippen molar-refractivity contribution in [3.63, 3.8) is 0 Å². The predicted octanol–water partition coefficient (Wildman–Crippen LogP) is 2.48. The minimum Gasteiger partial charge on any atom is -0.484 e. The molecule has 2 unspecified atom stereocenters. The lowest BCUT2D eigenvalue weighted by Crippen LogP contribution is -2.50. The Balaban J connectivity index is 2.00. The molecule has 0 radical (unpaired) electrons. The number of ether oxygens (including phenoxy) is 1. The van der Waals surface area contributed by atoms with Gasteiger partial charge in [0, 0.05) is 12.6 Å². The van der Waals surface area contributed by atoms with E-state index in [1.165, 1.54) is 0 Å². The van der Waals surface area contributed by atoms with Gasteiger partial charge in [-0.25, -0.2) is 0 Å². The second-order valence-corrected chi connectivity index (χ2v) is 5.93. The highest BCUT2D eigenvalue weighted by molar-refractivity contribution is 5.79. The Morgan fingerprint density at radius 3 is 2.77 bits per heavy atom. The molecule has 0 bridgehead atoms. The number of carboxylic acid groups (broad SMARTS) is 1. The molecule has 5 nitrogen and oxygen atoms in total. The number of benzene rings is 1. The largest absolute Gasteiger partial charge is 0.484 e. The number of amides is 1. The Morgan fingerprint density at radius 1 is 1.36 bits per heavy atom. The predicted molar refractivity (Wildman–Crippen MR) is 82.8 cm³/mol. The van der Waals surface area contributed by atoms with Crippen LogP contribution in [0.4, 0.5) is 0 Å². The average Bonchev–Trinajstić information content (AvgIpc) is 2.48.